The van der Waals surface area contributed by atoms with Crippen molar-refractivity contribution in [3.63, 3.8) is 0 Å². The molecule has 128 valence electrons. The van der Waals surface area contributed by atoms with E-state index in [1.165, 1.54) is 12.1 Å². The van der Waals surface area contributed by atoms with E-state index in [0.29, 0.717) is 0 Å². The molecule has 2 aromatic rings. The van der Waals surface area contributed by atoms with Gasteiger partial charge >= 0.3 is 5.97 Å². The van der Waals surface area contributed by atoms with Crippen LogP contribution in [0.4, 0.5) is 0 Å². The number of rotatable bonds is 6. The Bertz CT molecular complexity index is 783. The van der Waals surface area contributed by atoms with Crippen molar-refractivity contribution in [2.45, 2.75) is 12.5 Å². The SMILES string of the molecule is O=C(O)[C@@H](Cc1ccccc1)C(CO)N1C(=O)c2ccccc2C1=O. The van der Waals surface area contributed by atoms with Crippen molar-refractivity contribution in [3.8, 4) is 0 Å². The van der Waals surface area contributed by atoms with Crippen LogP contribution in [0.1, 0.15) is 26.3 Å². The fourth-order valence-corrected chi connectivity index (χ4v) is 3.15. The van der Waals surface area contributed by atoms with Crippen molar-refractivity contribution in [2.24, 2.45) is 5.92 Å². The number of aliphatic hydroxyl groups excluding tert-OH is 1. The summed E-state index contributed by atoms with van der Waals surface area (Å²) in [7, 11) is 0. The second-order valence-corrected chi connectivity index (χ2v) is 5.91. The third kappa shape index (κ3) is 3.04. The van der Waals surface area contributed by atoms with Gasteiger partial charge in [0.15, 0.2) is 0 Å². The van der Waals surface area contributed by atoms with Crippen LogP contribution in [0.2, 0.25) is 0 Å². The van der Waals surface area contributed by atoms with Gasteiger partial charge in [-0.2, -0.15) is 0 Å². The van der Waals surface area contributed by atoms with Crippen LogP contribution in [0.25, 0.3) is 0 Å². The summed E-state index contributed by atoms with van der Waals surface area (Å²) in [5.41, 5.74) is 1.22. The van der Waals surface area contributed by atoms with Crippen LogP contribution >= 0.6 is 0 Å². The van der Waals surface area contributed by atoms with Crippen LogP contribution in [0.3, 0.4) is 0 Å². The number of aliphatic carboxylic acids is 1. The first-order valence-corrected chi connectivity index (χ1v) is 7.89. The van der Waals surface area contributed by atoms with Gasteiger partial charge in [-0.1, -0.05) is 42.5 Å². The lowest BCUT2D eigenvalue weighted by atomic mass is 9.91. The molecule has 2 aromatic carbocycles. The Morgan fingerprint density at radius 1 is 0.920 bits per heavy atom. The molecular formula is C19H17NO5. The second-order valence-electron chi connectivity index (χ2n) is 5.91. The van der Waals surface area contributed by atoms with Crippen molar-refractivity contribution < 1.29 is 24.6 Å². The van der Waals surface area contributed by atoms with Crippen LogP contribution in [0.15, 0.2) is 54.6 Å². The lowest BCUT2D eigenvalue weighted by Crippen LogP contribution is -2.49. The summed E-state index contributed by atoms with van der Waals surface area (Å²) in [6.45, 7) is -0.616. The standard InChI is InChI=1S/C19H17NO5/c21-11-16(15(19(24)25)10-12-6-2-1-3-7-12)20-17(22)13-8-4-5-9-14(13)18(20)23/h1-9,15-16,21H,10-11H2,(H,24,25)/t15-,16?/m0/s1. The smallest absolute Gasteiger partial charge is 0.309 e. The second kappa shape index (κ2) is 6.86. The zero-order valence-corrected chi connectivity index (χ0v) is 13.3. The van der Waals surface area contributed by atoms with E-state index in [9.17, 15) is 24.6 Å². The van der Waals surface area contributed by atoms with Gasteiger partial charge in [0.2, 0.25) is 0 Å². The van der Waals surface area contributed by atoms with Gasteiger partial charge in [0.25, 0.3) is 11.8 Å². The van der Waals surface area contributed by atoms with E-state index in [1.807, 2.05) is 6.07 Å². The van der Waals surface area contributed by atoms with E-state index in [0.717, 1.165) is 10.5 Å². The lowest BCUT2D eigenvalue weighted by Gasteiger charge is -2.29. The fourth-order valence-electron chi connectivity index (χ4n) is 3.15. The molecule has 1 aliphatic rings. The van der Waals surface area contributed by atoms with Gasteiger partial charge in [-0.3, -0.25) is 19.3 Å². The number of fused-ring (bicyclic) bond motifs is 1. The number of hydrogen-bond acceptors (Lipinski definition) is 4. The van der Waals surface area contributed by atoms with Crippen LogP contribution in [0, 0.1) is 5.92 Å². The van der Waals surface area contributed by atoms with E-state index in [4.69, 9.17) is 0 Å². The lowest BCUT2D eigenvalue weighted by molar-refractivity contribution is -0.144. The predicted molar refractivity (Wildman–Crippen MR) is 89.1 cm³/mol. The van der Waals surface area contributed by atoms with Gasteiger partial charge in [0, 0.05) is 0 Å². The largest absolute Gasteiger partial charge is 0.481 e. The Balaban J connectivity index is 1.94. The van der Waals surface area contributed by atoms with Gasteiger partial charge in [-0.05, 0) is 24.1 Å². The van der Waals surface area contributed by atoms with Crippen molar-refractivity contribution in [1.29, 1.82) is 0 Å². The monoisotopic (exact) mass is 339 g/mol. The van der Waals surface area contributed by atoms with E-state index in [1.54, 1.807) is 36.4 Å². The summed E-state index contributed by atoms with van der Waals surface area (Å²) in [5, 5.41) is 19.4. The van der Waals surface area contributed by atoms with Crippen LogP contribution in [-0.2, 0) is 11.2 Å². The highest BCUT2D eigenvalue weighted by Crippen LogP contribution is 2.28. The normalized spacial score (nSPS) is 15.8. The molecule has 6 nitrogen and oxygen atoms in total. The minimum Gasteiger partial charge on any atom is -0.481 e. The molecule has 2 amide bonds. The number of carboxylic acids is 1. The Morgan fingerprint density at radius 2 is 1.44 bits per heavy atom. The van der Waals surface area contributed by atoms with Gasteiger partial charge in [0.1, 0.15) is 0 Å². The Kier molecular flexibility index (Phi) is 4.63. The number of carbonyl (C=O) groups excluding carboxylic acids is 2. The molecule has 0 saturated carbocycles. The van der Waals surface area contributed by atoms with Crippen molar-refractivity contribution in [3.05, 3.63) is 71.3 Å². The van der Waals surface area contributed by atoms with Crippen LogP contribution in [-0.4, -0.2) is 45.5 Å². The molecule has 0 aromatic heterocycles. The average Bonchev–Trinajstić information content (AvgIpc) is 2.88. The summed E-state index contributed by atoms with van der Waals surface area (Å²) < 4.78 is 0. The molecule has 0 radical (unpaired) electrons. The number of imide groups is 1. The fraction of sp³-hybridized carbons (Fsp3) is 0.211. The third-order valence-electron chi connectivity index (χ3n) is 4.42. The van der Waals surface area contributed by atoms with Crippen LogP contribution in [0.5, 0.6) is 0 Å². The minimum absolute atomic E-state index is 0.106. The molecule has 0 saturated heterocycles. The zero-order valence-electron chi connectivity index (χ0n) is 13.3. The molecule has 0 aliphatic carbocycles. The highest BCUT2D eigenvalue weighted by Gasteiger charge is 2.44. The quantitative estimate of drug-likeness (QED) is 0.779. The molecular weight excluding hydrogens is 322 g/mol. The van der Waals surface area contributed by atoms with E-state index >= 15 is 0 Å². The molecule has 3 rings (SSSR count). The number of benzene rings is 2. The van der Waals surface area contributed by atoms with Gasteiger partial charge in [-0.25, -0.2) is 0 Å². The topological polar surface area (TPSA) is 94.9 Å². The molecule has 0 spiro atoms. The molecule has 0 bridgehead atoms. The molecule has 1 aliphatic heterocycles. The number of carboxylic acid groups (broad SMARTS) is 1. The molecule has 1 heterocycles. The van der Waals surface area contributed by atoms with Gasteiger partial charge in [-0.15, -0.1) is 0 Å². The first kappa shape index (κ1) is 16.9. The predicted octanol–water partition coefficient (Wildman–Crippen LogP) is 1.59. The number of aliphatic hydroxyl groups is 1. The first-order chi connectivity index (χ1) is 12.0. The summed E-state index contributed by atoms with van der Waals surface area (Å²) in [6, 6.07) is 14.1. The maximum Gasteiger partial charge on any atom is 0.309 e. The molecule has 1 unspecified atom stereocenters. The third-order valence-corrected chi connectivity index (χ3v) is 4.42. The Morgan fingerprint density at radius 3 is 1.92 bits per heavy atom. The maximum atomic E-state index is 12.6. The number of nitrogens with zero attached hydrogens (tertiary/aromatic N) is 1. The van der Waals surface area contributed by atoms with E-state index in [2.05, 4.69) is 0 Å². The number of carbonyl (C=O) groups is 3. The highest BCUT2D eigenvalue weighted by molar-refractivity contribution is 6.21. The van der Waals surface area contributed by atoms with Gasteiger partial charge < -0.3 is 10.2 Å². The maximum absolute atomic E-state index is 12.6. The van der Waals surface area contributed by atoms with Crippen molar-refractivity contribution in [1.82, 2.24) is 4.90 Å². The summed E-state index contributed by atoms with van der Waals surface area (Å²) in [4.78, 5) is 37.8. The first-order valence-electron chi connectivity index (χ1n) is 7.89. The molecule has 2 N–H and O–H groups in total. The minimum atomic E-state index is -1.17. The van der Waals surface area contributed by atoms with Crippen LogP contribution < -0.4 is 0 Å². The van der Waals surface area contributed by atoms with E-state index in [-0.39, 0.29) is 17.5 Å². The molecule has 0 fully saturated rings. The zero-order chi connectivity index (χ0) is 18.0. The Labute approximate surface area is 144 Å². The van der Waals surface area contributed by atoms with Gasteiger partial charge in [0.05, 0.1) is 29.7 Å². The Hall–Kier alpha value is -2.99. The van der Waals surface area contributed by atoms with Crippen molar-refractivity contribution in [2.75, 3.05) is 6.61 Å². The molecule has 25 heavy (non-hydrogen) atoms. The summed E-state index contributed by atoms with van der Waals surface area (Å²) >= 11 is 0. The van der Waals surface area contributed by atoms with E-state index < -0.39 is 36.4 Å². The molecule has 2 atom stereocenters. The average molecular weight is 339 g/mol. The van der Waals surface area contributed by atoms with Crippen molar-refractivity contribution >= 4 is 17.8 Å². The molecule has 6 heteroatoms. The highest BCUT2D eigenvalue weighted by atomic mass is 16.4. The summed E-state index contributed by atoms with van der Waals surface area (Å²) in [6.07, 6.45) is 0.106. The summed E-state index contributed by atoms with van der Waals surface area (Å²) in [5.74, 6) is -3.41. The number of hydrogen-bond donors (Lipinski definition) is 2. The number of amides is 2.